The minimum atomic E-state index is -3.43. The Kier molecular flexibility index (Phi) is 6.23. The molecule has 0 aromatic carbocycles. The molecule has 7 heteroatoms. The molecule has 0 aliphatic carbocycles. The molecule has 1 N–H and O–H groups in total. The van der Waals surface area contributed by atoms with Crippen molar-refractivity contribution in [2.75, 3.05) is 25.3 Å². The van der Waals surface area contributed by atoms with E-state index in [9.17, 15) is 8.42 Å². The van der Waals surface area contributed by atoms with E-state index in [4.69, 9.17) is 11.6 Å². The molecular weight excluding hydrogens is 298 g/mol. The molecule has 1 aromatic heterocycles. The van der Waals surface area contributed by atoms with Crippen LogP contribution < -0.4 is 5.32 Å². The third-order valence-corrected chi connectivity index (χ3v) is 5.09. The number of hydrogen-bond acceptors (Lipinski definition) is 4. The van der Waals surface area contributed by atoms with Gasteiger partial charge in [-0.2, -0.15) is 0 Å². The number of sulfonamides is 1. The van der Waals surface area contributed by atoms with E-state index in [0.29, 0.717) is 17.6 Å². The number of hydrogen-bond donors (Lipinski definition) is 1. The van der Waals surface area contributed by atoms with Crippen LogP contribution in [0.3, 0.4) is 0 Å². The van der Waals surface area contributed by atoms with Crippen molar-refractivity contribution in [3.8, 4) is 0 Å². The first kappa shape index (κ1) is 17.2. The first-order valence-corrected chi connectivity index (χ1v) is 8.47. The molecule has 0 bridgehead atoms. The Morgan fingerprint density at radius 1 is 1.35 bits per heavy atom. The van der Waals surface area contributed by atoms with Crippen LogP contribution in [-0.4, -0.2) is 43.7 Å². The van der Waals surface area contributed by atoms with Crippen LogP contribution in [0.5, 0.6) is 0 Å². The lowest BCUT2D eigenvalue weighted by molar-refractivity contribution is 0.511. The van der Waals surface area contributed by atoms with Gasteiger partial charge >= 0.3 is 0 Å². The Morgan fingerprint density at radius 3 is 2.40 bits per heavy atom. The second-order valence-corrected chi connectivity index (χ2v) is 7.67. The summed E-state index contributed by atoms with van der Waals surface area (Å²) in [6, 6.07) is 3.46. The van der Waals surface area contributed by atoms with E-state index in [1.165, 1.54) is 24.6 Å². The van der Waals surface area contributed by atoms with Gasteiger partial charge in [0.2, 0.25) is 10.0 Å². The minimum Gasteiger partial charge on any atom is -0.367 e. The second-order valence-electron chi connectivity index (χ2n) is 5.14. The van der Waals surface area contributed by atoms with Crippen LogP contribution in [-0.2, 0) is 10.0 Å². The van der Waals surface area contributed by atoms with Crippen LogP contribution in [0.25, 0.3) is 0 Å². The molecule has 1 rings (SSSR count). The standard InChI is InChI=1S/C13H22ClN3O2S/c1-10(2)12(7-8-14)16-13-6-5-11(9-15-13)20(18,19)17(3)4/h5-6,9-10,12H,7-8H2,1-4H3,(H,15,16). The number of nitrogens with zero attached hydrogens (tertiary/aromatic N) is 2. The molecule has 0 fully saturated rings. The average molecular weight is 320 g/mol. The van der Waals surface area contributed by atoms with Gasteiger partial charge in [-0.05, 0) is 24.5 Å². The number of alkyl halides is 1. The Morgan fingerprint density at radius 2 is 2.00 bits per heavy atom. The number of anilines is 1. The Labute approximate surface area is 126 Å². The van der Waals surface area contributed by atoms with E-state index in [1.54, 1.807) is 12.1 Å². The highest BCUT2D eigenvalue weighted by molar-refractivity contribution is 7.89. The minimum absolute atomic E-state index is 0.187. The zero-order chi connectivity index (χ0) is 15.3. The fourth-order valence-electron chi connectivity index (χ4n) is 1.71. The summed E-state index contributed by atoms with van der Waals surface area (Å²) in [5.74, 6) is 1.65. The second kappa shape index (κ2) is 7.24. The molecule has 20 heavy (non-hydrogen) atoms. The number of halogens is 1. The fraction of sp³-hybridized carbons (Fsp3) is 0.615. The highest BCUT2D eigenvalue weighted by Gasteiger charge is 2.18. The van der Waals surface area contributed by atoms with E-state index in [0.717, 1.165) is 6.42 Å². The van der Waals surface area contributed by atoms with Crippen LogP contribution in [0.1, 0.15) is 20.3 Å². The van der Waals surface area contributed by atoms with Crippen molar-refractivity contribution in [3.63, 3.8) is 0 Å². The molecule has 0 aliphatic rings. The van der Waals surface area contributed by atoms with E-state index in [2.05, 4.69) is 24.1 Å². The SMILES string of the molecule is CC(C)C(CCCl)Nc1ccc(S(=O)(=O)N(C)C)cn1. The highest BCUT2D eigenvalue weighted by atomic mass is 35.5. The molecule has 0 saturated heterocycles. The predicted molar refractivity (Wildman–Crippen MR) is 82.7 cm³/mol. The summed E-state index contributed by atoms with van der Waals surface area (Å²) in [6.45, 7) is 4.21. The van der Waals surface area contributed by atoms with Crippen molar-refractivity contribution in [1.82, 2.24) is 9.29 Å². The molecule has 5 nitrogen and oxygen atoms in total. The van der Waals surface area contributed by atoms with Crippen molar-refractivity contribution in [1.29, 1.82) is 0 Å². The summed E-state index contributed by atoms with van der Waals surface area (Å²) >= 11 is 5.78. The van der Waals surface area contributed by atoms with E-state index < -0.39 is 10.0 Å². The van der Waals surface area contributed by atoms with E-state index >= 15 is 0 Å². The lowest BCUT2D eigenvalue weighted by atomic mass is 10.0. The summed E-state index contributed by atoms with van der Waals surface area (Å²) < 4.78 is 25.0. The van der Waals surface area contributed by atoms with Crippen LogP contribution in [0.2, 0.25) is 0 Å². The summed E-state index contributed by atoms with van der Waals surface area (Å²) in [4.78, 5) is 4.36. The first-order valence-electron chi connectivity index (χ1n) is 6.50. The molecule has 1 heterocycles. The molecule has 0 radical (unpaired) electrons. The Balaban J connectivity index is 2.86. The Hall–Kier alpha value is -0.850. The van der Waals surface area contributed by atoms with Crippen LogP contribution >= 0.6 is 11.6 Å². The molecule has 0 amide bonds. The largest absolute Gasteiger partial charge is 0.367 e. The maximum Gasteiger partial charge on any atom is 0.244 e. The zero-order valence-corrected chi connectivity index (χ0v) is 13.9. The van der Waals surface area contributed by atoms with Crippen molar-refractivity contribution >= 4 is 27.4 Å². The van der Waals surface area contributed by atoms with Crippen LogP contribution in [0.4, 0.5) is 5.82 Å². The Bertz CT molecular complexity index is 515. The molecular formula is C13H22ClN3O2S. The molecule has 0 saturated carbocycles. The van der Waals surface area contributed by atoms with Gasteiger partial charge in [-0.25, -0.2) is 17.7 Å². The fourth-order valence-corrected chi connectivity index (χ4v) is 2.79. The topological polar surface area (TPSA) is 62.3 Å². The van der Waals surface area contributed by atoms with Gasteiger partial charge in [-0.3, -0.25) is 0 Å². The highest BCUT2D eigenvalue weighted by Crippen LogP contribution is 2.17. The quantitative estimate of drug-likeness (QED) is 0.784. The van der Waals surface area contributed by atoms with Gasteiger partial charge in [0.1, 0.15) is 10.7 Å². The normalized spacial score (nSPS) is 13.8. The molecule has 0 aliphatic heterocycles. The van der Waals surface area contributed by atoms with Gasteiger partial charge in [0.05, 0.1) is 0 Å². The maximum atomic E-state index is 11.9. The monoisotopic (exact) mass is 319 g/mol. The van der Waals surface area contributed by atoms with Gasteiger partial charge < -0.3 is 5.32 Å². The lowest BCUT2D eigenvalue weighted by Crippen LogP contribution is -2.27. The predicted octanol–water partition coefficient (Wildman–Crippen LogP) is 2.40. The van der Waals surface area contributed by atoms with Crippen LogP contribution in [0, 0.1) is 5.92 Å². The van der Waals surface area contributed by atoms with Crippen molar-refractivity contribution in [2.24, 2.45) is 5.92 Å². The number of aromatic nitrogens is 1. The molecule has 1 atom stereocenters. The number of pyridine rings is 1. The number of rotatable bonds is 7. The molecule has 1 aromatic rings. The summed E-state index contributed by atoms with van der Waals surface area (Å²) in [5.41, 5.74) is 0. The van der Waals surface area contributed by atoms with Crippen molar-refractivity contribution in [3.05, 3.63) is 18.3 Å². The van der Waals surface area contributed by atoms with Gasteiger partial charge in [-0.15, -0.1) is 11.6 Å². The third-order valence-electron chi connectivity index (χ3n) is 3.07. The molecule has 0 spiro atoms. The average Bonchev–Trinajstić information content (AvgIpc) is 2.38. The summed E-state index contributed by atoms with van der Waals surface area (Å²) in [5, 5.41) is 3.28. The first-order chi connectivity index (χ1) is 9.28. The summed E-state index contributed by atoms with van der Waals surface area (Å²) in [7, 11) is -0.433. The zero-order valence-electron chi connectivity index (χ0n) is 12.3. The number of nitrogens with one attached hydrogen (secondary N) is 1. The maximum absolute atomic E-state index is 11.9. The van der Waals surface area contributed by atoms with Crippen LogP contribution in [0.15, 0.2) is 23.2 Å². The molecule has 1 unspecified atom stereocenters. The van der Waals surface area contributed by atoms with Crippen molar-refractivity contribution < 1.29 is 8.42 Å². The lowest BCUT2D eigenvalue weighted by Gasteiger charge is -2.22. The van der Waals surface area contributed by atoms with Gasteiger partial charge in [0.25, 0.3) is 0 Å². The smallest absolute Gasteiger partial charge is 0.244 e. The van der Waals surface area contributed by atoms with E-state index in [1.807, 2.05) is 0 Å². The van der Waals surface area contributed by atoms with Gasteiger partial charge in [0, 0.05) is 32.2 Å². The van der Waals surface area contributed by atoms with E-state index in [-0.39, 0.29) is 10.9 Å². The van der Waals surface area contributed by atoms with Crippen molar-refractivity contribution in [2.45, 2.75) is 31.2 Å². The van der Waals surface area contributed by atoms with Gasteiger partial charge in [-0.1, -0.05) is 13.8 Å². The summed E-state index contributed by atoms with van der Waals surface area (Å²) in [6.07, 6.45) is 2.20. The molecule has 114 valence electrons. The van der Waals surface area contributed by atoms with Gasteiger partial charge in [0.15, 0.2) is 0 Å². The third kappa shape index (κ3) is 4.33.